The van der Waals surface area contributed by atoms with Gasteiger partial charge in [0.15, 0.2) is 0 Å². The predicted octanol–water partition coefficient (Wildman–Crippen LogP) is 7.05. The fourth-order valence-electron chi connectivity index (χ4n) is 3.76. The Morgan fingerprint density at radius 3 is 1.41 bits per heavy atom. The third kappa shape index (κ3) is 4.12. The second-order valence-corrected chi connectivity index (χ2v) is 15.2. The summed E-state index contributed by atoms with van der Waals surface area (Å²) in [6, 6.07) is 12.8. The summed E-state index contributed by atoms with van der Waals surface area (Å²) in [6.07, 6.45) is 14.9. The van der Waals surface area contributed by atoms with Crippen LogP contribution < -0.4 is 5.63 Å². The van der Waals surface area contributed by atoms with Crippen molar-refractivity contribution in [3.63, 3.8) is 0 Å². The molecule has 0 aliphatic heterocycles. The molecule has 0 fully saturated rings. The van der Waals surface area contributed by atoms with E-state index < -0.39 is 21.1 Å². The number of aryl methyl sites for hydroxylation is 4. The summed E-state index contributed by atoms with van der Waals surface area (Å²) in [5.41, 5.74) is 5.03. The summed E-state index contributed by atoms with van der Waals surface area (Å²) in [6.45, 7) is 8.54. The van der Waals surface area contributed by atoms with E-state index >= 15 is 0 Å². The van der Waals surface area contributed by atoms with Crippen LogP contribution >= 0.6 is 0 Å². The SMILES string of the molecule is Cc1ccc([O][Zr]([O]c2ccc(C)c(C)c2)([C]2=CC=CC2)[C]2=CC=CC2)cc1C. The van der Waals surface area contributed by atoms with Crippen molar-refractivity contribution in [3.8, 4) is 11.5 Å². The second kappa shape index (κ2) is 8.32. The van der Waals surface area contributed by atoms with E-state index in [4.69, 9.17) is 5.63 Å². The average molecular weight is 464 g/mol. The normalized spacial score (nSPS) is 15.4. The van der Waals surface area contributed by atoms with Crippen molar-refractivity contribution in [2.45, 2.75) is 40.5 Å². The monoisotopic (exact) mass is 462 g/mol. The molecule has 2 aliphatic rings. The van der Waals surface area contributed by atoms with Crippen molar-refractivity contribution in [2.75, 3.05) is 0 Å². The maximum absolute atomic E-state index is 6.95. The van der Waals surface area contributed by atoms with Gasteiger partial charge in [-0.2, -0.15) is 0 Å². The summed E-state index contributed by atoms with van der Waals surface area (Å²) >= 11 is -3.88. The quantitative estimate of drug-likeness (QED) is 0.457. The molecule has 0 unspecified atom stereocenters. The van der Waals surface area contributed by atoms with E-state index in [1.54, 1.807) is 0 Å². The first-order chi connectivity index (χ1) is 14.0. The molecule has 0 saturated heterocycles. The third-order valence-corrected chi connectivity index (χ3v) is 14.4. The van der Waals surface area contributed by atoms with Crippen molar-refractivity contribution in [3.05, 3.63) is 102 Å². The molecule has 0 atom stereocenters. The summed E-state index contributed by atoms with van der Waals surface area (Å²) in [5, 5.41) is 0. The van der Waals surface area contributed by atoms with E-state index in [2.05, 4.69) is 101 Å². The Balaban J connectivity index is 1.81. The molecule has 0 amide bonds. The van der Waals surface area contributed by atoms with Gasteiger partial charge >= 0.3 is 180 Å². The molecule has 2 aromatic carbocycles. The minimum absolute atomic E-state index is 0.906. The van der Waals surface area contributed by atoms with Crippen LogP contribution in [0.25, 0.3) is 0 Å². The van der Waals surface area contributed by atoms with E-state index in [0.29, 0.717) is 0 Å². The predicted molar refractivity (Wildman–Crippen MR) is 117 cm³/mol. The molecule has 3 heteroatoms. The van der Waals surface area contributed by atoms with Gasteiger partial charge in [0.1, 0.15) is 0 Å². The van der Waals surface area contributed by atoms with Crippen LogP contribution in [0.15, 0.2) is 79.4 Å². The van der Waals surface area contributed by atoms with Gasteiger partial charge in [0.25, 0.3) is 0 Å². The van der Waals surface area contributed by atoms with Crippen LogP contribution in [0.1, 0.15) is 35.1 Å². The Morgan fingerprint density at radius 1 is 0.621 bits per heavy atom. The van der Waals surface area contributed by atoms with Gasteiger partial charge < -0.3 is 0 Å². The molecule has 29 heavy (non-hydrogen) atoms. The first-order valence-corrected chi connectivity index (χ1v) is 14.7. The molecule has 0 spiro atoms. The minimum atomic E-state index is -3.88. The van der Waals surface area contributed by atoms with Crippen molar-refractivity contribution >= 4 is 0 Å². The molecule has 0 heterocycles. The van der Waals surface area contributed by atoms with Gasteiger partial charge in [0, 0.05) is 0 Å². The number of benzene rings is 2. The van der Waals surface area contributed by atoms with Gasteiger partial charge in [0.2, 0.25) is 0 Å². The standard InChI is InChI=1S/2C8H10O.2C5H5.Zr/c2*1-6-3-4-8(9)5-7(6)2;2*1-2-4-5-3-1;/h2*3-5,9H,1-2H3;2*1-3H,4H2;/q;;;;+2/p-2. The van der Waals surface area contributed by atoms with Crippen molar-refractivity contribution < 1.29 is 26.8 Å². The molecule has 2 nitrogen and oxygen atoms in total. The Labute approximate surface area is 179 Å². The number of rotatable bonds is 6. The van der Waals surface area contributed by atoms with Crippen LogP contribution in [0.3, 0.4) is 0 Å². The molecule has 0 N–H and O–H groups in total. The summed E-state index contributed by atoms with van der Waals surface area (Å²) in [4.78, 5) is 0. The van der Waals surface area contributed by atoms with Crippen LogP contribution in [-0.4, -0.2) is 0 Å². The van der Waals surface area contributed by atoms with Gasteiger partial charge in [0.05, 0.1) is 0 Å². The fraction of sp³-hybridized carbons (Fsp3) is 0.231. The topological polar surface area (TPSA) is 18.5 Å². The molecule has 148 valence electrons. The molecular formula is C26H28O2Zr. The van der Waals surface area contributed by atoms with E-state index in [1.165, 1.54) is 28.8 Å². The Morgan fingerprint density at radius 2 is 1.07 bits per heavy atom. The van der Waals surface area contributed by atoms with Gasteiger partial charge in [-0.25, -0.2) is 0 Å². The van der Waals surface area contributed by atoms with Crippen molar-refractivity contribution in [1.82, 2.24) is 0 Å². The Bertz CT molecular complexity index is 971. The van der Waals surface area contributed by atoms with Crippen molar-refractivity contribution in [2.24, 2.45) is 0 Å². The van der Waals surface area contributed by atoms with Crippen LogP contribution in [0, 0.1) is 27.7 Å². The molecular weight excluding hydrogens is 436 g/mol. The average Bonchev–Trinajstić information content (AvgIpc) is 3.41. The zero-order valence-electron chi connectivity index (χ0n) is 17.7. The molecule has 2 aromatic rings. The van der Waals surface area contributed by atoms with E-state index in [9.17, 15) is 0 Å². The number of hydrogen-bond acceptors (Lipinski definition) is 2. The van der Waals surface area contributed by atoms with Crippen LogP contribution in [0.2, 0.25) is 0 Å². The van der Waals surface area contributed by atoms with Gasteiger partial charge in [-0.3, -0.25) is 0 Å². The second-order valence-electron chi connectivity index (χ2n) is 7.96. The van der Waals surface area contributed by atoms with Gasteiger partial charge in [-0.15, -0.1) is 0 Å². The fourth-order valence-corrected chi connectivity index (χ4v) is 11.9. The van der Waals surface area contributed by atoms with Crippen molar-refractivity contribution in [1.29, 1.82) is 0 Å². The summed E-state index contributed by atoms with van der Waals surface area (Å²) < 4.78 is 16.6. The zero-order valence-corrected chi connectivity index (χ0v) is 20.1. The first kappa shape index (κ1) is 20.2. The zero-order chi connectivity index (χ0) is 20.4. The molecule has 2 aliphatic carbocycles. The molecule has 4 rings (SSSR count). The Kier molecular flexibility index (Phi) is 5.79. The summed E-state index contributed by atoms with van der Waals surface area (Å²) in [7, 11) is 0. The molecule has 0 radical (unpaired) electrons. The van der Waals surface area contributed by atoms with E-state index in [0.717, 1.165) is 24.3 Å². The van der Waals surface area contributed by atoms with Crippen LogP contribution in [0.4, 0.5) is 0 Å². The number of allylic oxidation sites excluding steroid dienone is 8. The van der Waals surface area contributed by atoms with Crippen LogP contribution in [-0.2, 0) is 21.1 Å². The van der Waals surface area contributed by atoms with Crippen LogP contribution in [0.5, 0.6) is 11.5 Å². The molecule has 0 aromatic heterocycles. The first-order valence-electron chi connectivity index (χ1n) is 10.2. The third-order valence-electron chi connectivity index (χ3n) is 5.87. The Hall–Kier alpha value is -2.12. The molecule has 0 saturated carbocycles. The molecule has 0 bridgehead atoms. The summed E-state index contributed by atoms with van der Waals surface area (Å²) in [5.74, 6) is 1.82. The van der Waals surface area contributed by atoms with Gasteiger partial charge in [-0.05, 0) is 0 Å². The number of hydrogen-bond donors (Lipinski definition) is 0. The van der Waals surface area contributed by atoms with E-state index in [1.807, 2.05) is 0 Å². The van der Waals surface area contributed by atoms with E-state index in [-0.39, 0.29) is 0 Å². The maximum atomic E-state index is 6.95. The van der Waals surface area contributed by atoms with Gasteiger partial charge in [-0.1, -0.05) is 0 Å².